The van der Waals surface area contributed by atoms with Crippen molar-refractivity contribution in [2.75, 3.05) is 6.61 Å². The van der Waals surface area contributed by atoms with Gasteiger partial charge in [0.25, 0.3) is 0 Å². The van der Waals surface area contributed by atoms with E-state index in [4.69, 9.17) is 14.3 Å². The Kier molecular flexibility index (Phi) is 4.33. The Morgan fingerprint density at radius 2 is 2.35 bits per heavy atom. The van der Waals surface area contributed by atoms with E-state index in [0.717, 1.165) is 0 Å². The molecule has 0 unspecified atom stereocenters. The number of alkyl carbamates (subject to hydrolysis) is 1. The number of aromatic carboxylic acids is 1. The molecule has 0 radical (unpaired) electrons. The second-order valence-electron chi connectivity index (χ2n) is 3.24. The summed E-state index contributed by atoms with van der Waals surface area (Å²) in [6.07, 6.45) is 0.855. The van der Waals surface area contributed by atoms with Crippen LogP contribution in [0.1, 0.15) is 21.9 Å². The molecule has 2 N–H and O–H groups in total. The summed E-state index contributed by atoms with van der Waals surface area (Å²) in [5.74, 6) is -0.848. The highest BCUT2D eigenvalue weighted by Crippen LogP contribution is 2.14. The van der Waals surface area contributed by atoms with Crippen LogP contribution in [0.2, 0.25) is 0 Å². The van der Waals surface area contributed by atoms with E-state index in [-0.39, 0.29) is 18.9 Å². The minimum absolute atomic E-state index is 0.122. The van der Waals surface area contributed by atoms with E-state index in [1.807, 2.05) is 0 Å². The van der Waals surface area contributed by atoms with Gasteiger partial charge < -0.3 is 19.6 Å². The van der Waals surface area contributed by atoms with Crippen LogP contribution in [0.25, 0.3) is 0 Å². The topological polar surface area (TPSA) is 88.8 Å². The molecule has 0 aliphatic carbocycles. The average molecular weight is 239 g/mol. The van der Waals surface area contributed by atoms with Gasteiger partial charge in [-0.2, -0.15) is 0 Å². The van der Waals surface area contributed by atoms with E-state index >= 15 is 0 Å². The van der Waals surface area contributed by atoms with E-state index in [1.54, 1.807) is 6.92 Å². The highest BCUT2D eigenvalue weighted by molar-refractivity contribution is 5.84. The lowest BCUT2D eigenvalue weighted by atomic mass is 10.2. The number of hydrogen-bond donors (Lipinski definition) is 2. The van der Waals surface area contributed by atoms with E-state index in [0.29, 0.717) is 11.3 Å². The summed E-state index contributed by atoms with van der Waals surface area (Å²) >= 11 is 0. The molecule has 0 spiro atoms. The van der Waals surface area contributed by atoms with Crippen LogP contribution < -0.4 is 5.32 Å². The molecule has 0 aromatic carbocycles. The number of hydrogen-bond acceptors (Lipinski definition) is 4. The van der Waals surface area contributed by atoms with Crippen molar-refractivity contribution in [1.82, 2.24) is 5.32 Å². The molecule has 6 heteroatoms. The van der Waals surface area contributed by atoms with Crippen molar-refractivity contribution in [3.63, 3.8) is 0 Å². The van der Waals surface area contributed by atoms with Crippen LogP contribution >= 0.6 is 0 Å². The largest absolute Gasteiger partial charge is 0.475 e. The number of nitrogens with one attached hydrogen (secondary N) is 1. The summed E-state index contributed by atoms with van der Waals surface area (Å²) in [4.78, 5) is 21.7. The van der Waals surface area contributed by atoms with Crippen molar-refractivity contribution < 1.29 is 23.8 Å². The SMILES string of the molecule is C=CCOC(=O)NCc1cc(C(=O)O)oc1C. The standard InChI is InChI=1S/C11H13NO5/c1-3-4-16-11(15)12-6-8-5-9(10(13)14)17-7(8)2/h3,5H,1,4,6H2,2H3,(H,12,15)(H,13,14). The van der Waals surface area contributed by atoms with Gasteiger partial charge in [0, 0.05) is 12.1 Å². The van der Waals surface area contributed by atoms with Crippen LogP contribution in [0.3, 0.4) is 0 Å². The summed E-state index contributed by atoms with van der Waals surface area (Å²) in [7, 11) is 0. The number of carbonyl (C=O) groups excluding carboxylic acids is 1. The van der Waals surface area contributed by atoms with Gasteiger partial charge >= 0.3 is 12.1 Å². The average Bonchev–Trinajstić information content (AvgIpc) is 2.65. The third-order valence-corrected chi connectivity index (χ3v) is 1.99. The molecule has 0 fully saturated rings. The Hall–Kier alpha value is -2.24. The Balaban J connectivity index is 2.54. The van der Waals surface area contributed by atoms with E-state index in [2.05, 4.69) is 11.9 Å². The molecule has 1 aromatic heterocycles. The van der Waals surface area contributed by atoms with Crippen molar-refractivity contribution >= 4 is 12.1 Å². The fourth-order valence-electron chi connectivity index (χ4n) is 1.15. The third-order valence-electron chi connectivity index (χ3n) is 1.99. The summed E-state index contributed by atoms with van der Waals surface area (Å²) in [5, 5.41) is 11.2. The van der Waals surface area contributed by atoms with Crippen LogP contribution in [0.4, 0.5) is 4.79 Å². The van der Waals surface area contributed by atoms with Gasteiger partial charge in [-0.25, -0.2) is 9.59 Å². The van der Waals surface area contributed by atoms with Crippen LogP contribution in [-0.4, -0.2) is 23.8 Å². The second kappa shape index (κ2) is 5.74. The normalized spacial score (nSPS) is 9.71. The quantitative estimate of drug-likeness (QED) is 0.763. The molecular formula is C11H13NO5. The molecule has 92 valence electrons. The zero-order chi connectivity index (χ0) is 12.8. The fraction of sp³-hybridized carbons (Fsp3) is 0.273. The van der Waals surface area contributed by atoms with E-state index in [1.165, 1.54) is 12.1 Å². The second-order valence-corrected chi connectivity index (χ2v) is 3.24. The summed E-state index contributed by atoms with van der Waals surface area (Å²) in [5.41, 5.74) is 0.595. The maximum absolute atomic E-state index is 11.1. The molecule has 1 heterocycles. The Bertz CT molecular complexity index is 435. The first kappa shape index (κ1) is 12.8. The van der Waals surface area contributed by atoms with Gasteiger partial charge in [0.05, 0.1) is 0 Å². The van der Waals surface area contributed by atoms with Crippen LogP contribution in [0.5, 0.6) is 0 Å². The number of aryl methyl sites for hydroxylation is 1. The fourth-order valence-corrected chi connectivity index (χ4v) is 1.15. The molecule has 0 bridgehead atoms. The first-order chi connectivity index (χ1) is 8.04. The number of rotatable bonds is 5. The maximum Gasteiger partial charge on any atom is 0.407 e. The molecule has 0 saturated heterocycles. The number of ether oxygens (including phenoxy) is 1. The van der Waals surface area contributed by atoms with Crippen LogP contribution in [0, 0.1) is 6.92 Å². The Morgan fingerprint density at radius 1 is 1.65 bits per heavy atom. The van der Waals surface area contributed by atoms with Gasteiger partial charge in [0.15, 0.2) is 0 Å². The number of amides is 1. The molecule has 0 saturated carbocycles. The van der Waals surface area contributed by atoms with Crippen molar-refractivity contribution in [1.29, 1.82) is 0 Å². The zero-order valence-corrected chi connectivity index (χ0v) is 9.36. The smallest absolute Gasteiger partial charge is 0.407 e. The molecule has 17 heavy (non-hydrogen) atoms. The number of furan rings is 1. The van der Waals surface area contributed by atoms with Gasteiger partial charge in [0.2, 0.25) is 5.76 Å². The van der Waals surface area contributed by atoms with Gasteiger partial charge in [-0.1, -0.05) is 12.7 Å². The number of carboxylic acid groups (broad SMARTS) is 1. The number of carbonyl (C=O) groups is 2. The first-order valence-corrected chi connectivity index (χ1v) is 4.88. The predicted molar refractivity (Wildman–Crippen MR) is 58.8 cm³/mol. The molecule has 0 aliphatic rings. The zero-order valence-electron chi connectivity index (χ0n) is 9.36. The third kappa shape index (κ3) is 3.67. The summed E-state index contributed by atoms with van der Waals surface area (Å²) < 4.78 is 9.67. The minimum atomic E-state index is -1.14. The lowest BCUT2D eigenvalue weighted by Crippen LogP contribution is -2.23. The van der Waals surface area contributed by atoms with E-state index < -0.39 is 12.1 Å². The minimum Gasteiger partial charge on any atom is -0.475 e. The highest BCUT2D eigenvalue weighted by atomic mass is 16.5. The lowest BCUT2D eigenvalue weighted by molar-refractivity contribution is 0.0661. The molecule has 1 amide bonds. The van der Waals surface area contributed by atoms with Crippen molar-refractivity contribution in [2.24, 2.45) is 0 Å². The Morgan fingerprint density at radius 3 is 2.88 bits per heavy atom. The molecule has 0 atom stereocenters. The molecule has 1 aromatic rings. The molecular weight excluding hydrogens is 226 g/mol. The van der Waals surface area contributed by atoms with E-state index in [9.17, 15) is 9.59 Å². The van der Waals surface area contributed by atoms with Crippen LogP contribution in [0.15, 0.2) is 23.1 Å². The van der Waals surface area contributed by atoms with Gasteiger partial charge in [-0.15, -0.1) is 0 Å². The summed E-state index contributed by atoms with van der Waals surface area (Å²) in [6, 6.07) is 1.37. The monoisotopic (exact) mass is 239 g/mol. The van der Waals surface area contributed by atoms with Gasteiger partial charge in [-0.05, 0) is 13.0 Å². The van der Waals surface area contributed by atoms with Crippen molar-refractivity contribution in [3.05, 3.63) is 35.8 Å². The molecule has 6 nitrogen and oxygen atoms in total. The van der Waals surface area contributed by atoms with Gasteiger partial charge in [0.1, 0.15) is 12.4 Å². The molecule has 1 rings (SSSR count). The lowest BCUT2D eigenvalue weighted by Gasteiger charge is -2.03. The predicted octanol–water partition coefficient (Wildman–Crippen LogP) is 1.70. The number of carboxylic acids is 1. The summed E-state index contributed by atoms with van der Waals surface area (Å²) in [6.45, 7) is 5.30. The van der Waals surface area contributed by atoms with Crippen LogP contribution in [-0.2, 0) is 11.3 Å². The maximum atomic E-state index is 11.1. The Labute approximate surface area is 97.9 Å². The van der Waals surface area contributed by atoms with Crippen molar-refractivity contribution in [2.45, 2.75) is 13.5 Å². The molecule has 0 aliphatic heterocycles. The van der Waals surface area contributed by atoms with Crippen molar-refractivity contribution in [3.8, 4) is 0 Å². The van der Waals surface area contributed by atoms with Gasteiger partial charge in [-0.3, -0.25) is 0 Å². The first-order valence-electron chi connectivity index (χ1n) is 4.88. The highest BCUT2D eigenvalue weighted by Gasteiger charge is 2.13.